The van der Waals surface area contributed by atoms with Gasteiger partial charge in [-0.05, 0) is 72.2 Å². The van der Waals surface area contributed by atoms with Crippen molar-refractivity contribution >= 4 is 21.6 Å². The van der Waals surface area contributed by atoms with Crippen LogP contribution in [-0.2, 0) is 0 Å². The maximum absolute atomic E-state index is 9.70. The zero-order chi connectivity index (χ0) is 14.1. The number of rotatable bonds is 2. The van der Waals surface area contributed by atoms with E-state index in [4.69, 9.17) is 0 Å². The average molecular weight is 338 g/mol. The Kier molecular flexibility index (Phi) is 4.37. The molecule has 0 bridgehead atoms. The molecular weight excluding hydrogens is 314 g/mol. The molecule has 2 unspecified atom stereocenters. The van der Waals surface area contributed by atoms with Crippen molar-refractivity contribution in [3.05, 3.63) is 28.2 Å². The average Bonchev–Trinajstić information content (AvgIpc) is 2.46. The van der Waals surface area contributed by atoms with Crippen LogP contribution in [0.2, 0.25) is 0 Å². The van der Waals surface area contributed by atoms with E-state index in [1.54, 1.807) is 0 Å². The molecule has 20 heavy (non-hydrogen) atoms. The first kappa shape index (κ1) is 14.4. The van der Waals surface area contributed by atoms with Crippen LogP contribution in [0.4, 0.5) is 5.69 Å². The summed E-state index contributed by atoms with van der Waals surface area (Å²) in [4.78, 5) is 2.61. The summed E-state index contributed by atoms with van der Waals surface area (Å²) in [6.45, 7) is 2.99. The molecule has 0 radical (unpaired) electrons. The first-order valence-electron chi connectivity index (χ1n) is 7.91. The van der Waals surface area contributed by atoms with Gasteiger partial charge in [0.1, 0.15) is 0 Å². The maximum atomic E-state index is 9.70. The zero-order valence-electron chi connectivity index (χ0n) is 12.2. The van der Waals surface area contributed by atoms with Crippen LogP contribution in [0.3, 0.4) is 0 Å². The Morgan fingerprint density at radius 1 is 1.20 bits per heavy atom. The van der Waals surface area contributed by atoms with Crippen molar-refractivity contribution in [2.45, 2.75) is 57.6 Å². The molecule has 1 saturated heterocycles. The third kappa shape index (κ3) is 2.75. The molecule has 2 nitrogen and oxygen atoms in total. The van der Waals surface area contributed by atoms with Crippen molar-refractivity contribution in [1.29, 1.82) is 0 Å². The standard InChI is InChI=1S/C17H24BrNO/c1-12(20)14-8-9-17(15(18)11-14)19-10-4-6-13-5-2-3-7-16(13)19/h8-9,11-13,16,20H,2-7,10H2,1H3/t12-,13?,16?/m0/s1. The SMILES string of the molecule is C[C@H](O)c1ccc(N2CCCC3CCCCC32)c(Br)c1. The van der Waals surface area contributed by atoms with Gasteiger partial charge < -0.3 is 10.0 Å². The zero-order valence-corrected chi connectivity index (χ0v) is 13.8. The van der Waals surface area contributed by atoms with E-state index in [-0.39, 0.29) is 0 Å². The smallest absolute Gasteiger partial charge is 0.0762 e. The number of aliphatic hydroxyl groups is 1. The molecule has 1 aromatic rings. The monoisotopic (exact) mass is 337 g/mol. The highest BCUT2D eigenvalue weighted by Gasteiger charge is 2.33. The lowest BCUT2D eigenvalue weighted by Gasteiger charge is -2.45. The molecule has 1 aromatic carbocycles. The third-order valence-electron chi connectivity index (χ3n) is 5.01. The van der Waals surface area contributed by atoms with E-state index in [0.29, 0.717) is 0 Å². The number of piperidine rings is 1. The summed E-state index contributed by atoms with van der Waals surface area (Å²) >= 11 is 3.71. The molecule has 1 N–H and O–H groups in total. The summed E-state index contributed by atoms with van der Waals surface area (Å²) in [5.41, 5.74) is 2.30. The minimum absolute atomic E-state index is 0.399. The van der Waals surface area contributed by atoms with Gasteiger partial charge in [-0.25, -0.2) is 0 Å². The molecule has 1 saturated carbocycles. The van der Waals surface area contributed by atoms with Gasteiger partial charge in [-0.1, -0.05) is 18.9 Å². The van der Waals surface area contributed by atoms with Crippen molar-refractivity contribution in [1.82, 2.24) is 0 Å². The fourth-order valence-electron chi connectivity index (χ4n) is 3.94. The molecule has 2 fully saturated rings. The summed E-state index contributed by atoms with van der Waals surface area (Å²) in [6.07, 6.45) is 7.86. The van der Waals surface area contributed by atoms with Gasteiger partial charge in [0, 0.05) is 17.1 Å². The fourth-order valence-corrected chi connectivity index (χ4v) is 4.56. The topological polar surface area (TPSA) is 23.5 Å². The summed E-state index contributed by atoms with van der Waals surface area (Å²) in [5.74, 6) is 0.890. The van der Waals surface area contributed by atoms with Crippen LogP contribution in [0.15, 0.2) is 22.7 Å². The van der Waals surface area contributed by atoms with Gasteiger partial charge in [-0.15, -0.1) is 0 Å². The summed E-state index contributed by atoms with van der Waals surface area (Å²) < 4.78 is 1.13. The van der Waals surface area contributed by atoms with Gasteiger partial charge in [-0.2, -0.15) is 0 Å². The Morgan fingerprint density at radius 3 is 2.70 bits per heavy atom. The molecule has 3 atom stereocenters. The second kappa shape index (κ2) is 6.07. The van der Waals surface area contributed by atoms with Crippen LogP contribution < -0.4 is 4.90 Å². The Bertz CT molecular complexity index is 472. The number of hydrogen-bond acceptors (Lipinski definition) is 2. The highest BCUT2D eigenvalue weighted by molar-refractivity contribution is 9.10. The maximum Gasteiger partial charge on any atom is 0.0762 e. The third-order valence-corrected chi connectivity index (χ3v) is 5.64. The highest BCUT2D eigenvalue weighted by atomic mass is 79.9. The summed E-state index contributed by atoms with van der Waals surface area (Å²) in [7, 11) is 0. The molecule has 1 heterocycles. The van der Waals surface area contributed by atoms with Crippen LogP contribution in [-0.4, -0.2) is 17.7 Å². The van der Waals surface area contributed by atoms with Crippen LogP contribution in [0.5, 0.6) is 0 Å². The molecule has 0 spiro atoms. The molecule has 0 aromatic heterocycles. The van der Waals surface area contributed by atoms with E-state index in [1.165, 1.54) is 50.8 Å². The lowest BCUT2D eigenvalue weighted by molar-refractivity contribution is 0.199. The Labute approximate surface area is 130 Å². The summed E-state index contributed by atoms with van der Waals surface area (Å²) in [5, 5.41) is 9.70. The number of benzene rings is 1. The molecule has 3 rings (SSSR count). The quantitative estimate of drug-likeness (QED) is 0.848. The highest BCUT2D eigenvalue weighted by Crippen LogP contribution is 2.40. The number of nitrogens with zero attached hydrogens (tertiary/aromatic N) is 1. The first-order valence-corrected chi connectivity index (χ1v) is 8.70. The fraction of sp³-hybridized carbons (Fsp3) is 0.647. The van der Waals surface area contributed by atoms with E-state index < -0.39 is 6.10 Å². The molecule has 3 heteroatoms. The Balaban J connectivity index is 1.87. The number of fused-ring (bicyclic) bond motifs is 1. The van der Waals surface area contributed by atoms with E-state index in [1.807, 2.05) is 6.92 Å². The minimum Gasteiger partial charge on any atom is -0.389 e. The minimum atomic E-state index is -0.399. The van der Waals surface area contributed by atoms with E-state index in [0.717, 1.165) is 22.0 Å². The lowest BCUT2D eigenvalue weighted by Crippen LogP contribution is -2.47. The predicted molar refractivity (Wildman–Crippen MR) is 87.1 cm³/mol. The number of anilines is 1. The van der Waals surface area contributed by atoms with E-state index in [9.17, 15) is 5.11 Å². The second-order valence-electron chi connectivity index (χ2n) is 6.33. The van der Waals surface area contributed by atoms with E-state index in [2.05, 4.69) is 39.0 Å². The number of hydrogen-bond donors (Lipinski definition) is 1. The second-order valence-corrected chi connectivity index (χ2v) is 7.19. The van der Waals surface area contributed by atoms with Crippen molar-refractivity contribution in [2.75, 3.05) is 11.4 Å². The van der Waals surface area contributed by atoms with Crippen molar-refractivity contribution in [2.24, 2.45) is 5.92 Å². The molecule has 0 amide bonds. The number of halogens is 1. The first-order chi connectivity index (χ1) is 9.66. The van der Waals surface area contributed by atoms with Gasteiger partial charge in [0.2, 0.25) is 0 Å². The Hall–Kier alpha value is -0.540. The van der Waals surface area contributed by atoms with Crippen LogP contribution in [0, 0.1) is 5.92 Å². The van der Waals surface area contributed by atoms with Crippen LogP contribution >= 0.6 is 15.9 Å². The normalized spacial score (nSPS) is 28.1. The van der Waals surface area contributed by atoms with Crippen LogP contribution in [0.25, 0.3) is 0 Å². The summed E-state index contributed by atoms with van der Waals surface area (Å²) in [6, 6.07) is 7.05. The van der Waals surface area contributed by atoms with Gasteiger partial charge in [0.05, 0.1) is 11.8 Å². The van der Waals surface area contributed by atoms with Crippen molar-refractivity contribution < 1.29 is 5.11 Å². The van der Waals surface area contributed by atoms with Crippen molar-refractivity contribution in [3.8, 4) is 0 Å². The number of aliphatic hydroxyl groups excluding tert-OH is 1. The van der Waals surface area contributed by atoms with Crippen LogP contribution in [0.1, 0.15) is 57.1 Å². The van der Waals surface area contributed by atoms with Gasteiger partial charge >= 0.3 is 0 Å². The van der Waals surface area contributed by atoms with E-state index >= 15 is 0 Å². The van der Waals surface area contributed by atoms with Crippen molar-refractivity contribution in [3.63, 3.8) is 0 Å². The largest absolute Gasteiger partial charge is 0.389 e. The molecule has 1 aliphatic carbocycles. The van der Waals surface area contributed by atoms with Gasteiger partial charge in [0.15, 0.2) is 0 Å². The predicted octanol–water partition coefficient (Wildman–Crippen LogP) is 4.66. The molecular formula is C17H24BrNO. The molecule has 1 aliphatic heterocycles. The Morgan fingerprint density at radius 2 is 1.95 bits per heavy atom. The van der Waals surface area contributed by atoms with Gasteiger partial charge in [-0.3, -0.25) is 0 Å². The van der Waals surface area contributed by atoms with Gasteiger partial charge in [0.25, 0.3) is 0 Å². The molecule has 110 valence electrons. The lowest BCUT2D eigenvalue weighted by atomic mass is 9.78. The molecule has 2 aliphatic rings.